The van der Waals surface area contributed by atoms with Crippen molar-refractivity contribution in [2.75, 3.05) is 0 Å². The molecule has 0 saturated carbocycles. The molecule has 0 amide bonds. The summed E-state index contributed by atoms with van der Waals surface area (Å²) >= 11 is 3.55. The molecule has 0 radical (unpaired) electrons. The molecule has 5 heteroatoms. The van der Waals surface area contributed by atoms with Crippen LogP contribution in [-0.2, 0) is 0 Å². The highest BCUT2D eigenvalue weighted by molar-refractivity contribution is 9.10. The summed E-state index contributed by atoms with van der Waals surface area (Å²) in [5, 5.41) is 12.6. The molecule has 0 spiro atoms. The Hall–Kier alpha value is -1.62. The van der Waals surface area contributed by atoms with E-state index in [2.05, 4.69) is 34.9 Å². The van der Waals surface area contributed by atoms with E-state index < -0.39 is 5.97 Å². The average molecular weight is 324 g/mol. The van der Waals surface area contributed by atoms with Crippen LogP contribution in [0.4, 0.5) is 0 Å². The molecule has 0 aliphatic carbocycles. The highest BCUT2D eigenvalue weighted by atomic mass is 79.9. The zero-order valence-corrected chi connectivity index (χ0v) is 12.3. The number of aromatic nitrogens is 1. The predicted molar refractivity (Wildman–Crippen MR) is 75.3 cm³/mol. The monoisotopic (exact) mass is 323 g/mol. The zero-order chi connectivity index (χ0) is 14.0. The normalized spacial score (nSPS) is 12.4. The van der Waals surface area contributed by atoms with E-state index in [1.165, 1.54) is 11.6 Å². The second kappa shape index (κ2) is 5.57. The van der Waals surface area contributed by atoms with Crippen molar-refractivity contribution in [3.05, 3.63) is 40.1 Å². The predicted octanol–water partition coefficient (Wildman–Crippen LogP) is 4.32. The number of rotatable bonds is 4. The Morgan fingerprint density at radius 3 is 2.74 bits per heavy atom. The Morgan fingerprint density at radius 1 is 1.47 bits per heavy atom. The van der Waals surface area contributed by atoms with Crippen molar-refractivity contribution in [3.8, 4) is 11.3 Å². The number of carboxylic acid groups (broad SMARTS) is 1. The summed E-state index contributed by atoms with van der Waals surface area (Å²) in [5.74, 6) is -0.804. The summed E-state index contributed by atoms with van der Waals surface area (Å²) in [6.45, 7) is 4.31. The maximum absolute atomic E-state index is 10.8. The summed E-state index contributed by atoms with van der Waals surface area (Å²) in [6.07, 6.45) is 1.06. The van der Waals surface area contributed by atoms with Gasteiger partial charge in [0.2, 0.25) is 5.76 Å². The van der Waals surface area contributed by atoms with Crippen molar-refractivity contribution in [1.82, 2.24) is 5.16 Å². The largest absolute Gasteiger partial charge is 0.475 e. The molecule has 0 saturated heterocycles. The number of hydrogen-bond acceptors (Lipinski definition) is 3. The molecule has 0 aliphatic heterocycles. The second-order valence-electron chi connectivity index (χ2n) is 4.43. The molecular weight excluding hydrogens is 310 g/mol. The van der Waals surface area contributed by atoms with Gasteiger partial charge < -0.3 is 9.63 Å². The van der Waals surface area contributed by atoms with Gasteiger partial charge in [0.1, 0.15) is 5.69 Å². The van der Waals surface area contributed by atoms with Crippen LogP contribution in [-0.4, -0.2) is 16.2 Å². The number of aromatic carboxylic acids is 1. The van der Waals surface area contributed by atoms with Gasteiger partial charge in [0.25, 0.3) is 0 Å². The van der Waals surface area contributed by atoms with Crippen molar-refractivity contribution < 1.29 is 14.4 Å². The van der Waals surface area contributed by atoms with E-state index >= 15 is 0 Å². The highest BCUT2D eigenvalue weighted by Gasteiger charge is 2.14. The molecule has 1 atom stereocenters. The quantitative estimate of drug-likeness (QED) is 0.910. The first-order valence-corrected chi connectivity index (χ1v) is 6.82. The first-order valence-electron chi connectivity index (χ1n) is 6.02. The van der Waals surface area contributed by atoms with Gasteiger partial charge in [-0.05, 0) is 24.0 Å². The van der Waals surface area contributed by atoms with Crippen LogP contribution >= 0.6 is 15.9 Å². The lowest BCUT2D eigenvalue weighted by Gasteiger charge is -2.12. The van der Waals surface area contributed by atoms with Gasteiger partial charge in [-0.25, -0.2) is 4.79 Å². The molecule has 0 fully saturated rings. The van der Waals surface area contributed by atoms with Crippen LogP contribution < -0.4 is 0 Å². The number of nitrogens with zero attached hydrogens (tertiary/aromatic N) is 1. The molecule has 0 bridgehead atoms. The summed E-state index contributed by atoms with van der Waals surface area (Å²) < 4.78 is 5.75. The van der Waals surface area contributed by atoms with E-state index in [0.29, 0.717) is 11.6 Å². The minimum absolute atomic E-state index is 0.155. The van der Waals surface area contributed by atoms with Gasteiger partial charge in [-0.2, -0.15) is 0 Å². The Balaban J connectivity index is 2.35. The topological polar surface area (TPSA) is 63.3 Å². The minimum atomic E-state index is -1.12. The Labute approximate surface area is 119 Å². The standard InChI is InChI=1S/C14H14BrNO3/c1-3-8(2)10-5-4-9(6-11(10)15)12-7-13(14(17)18)19-16-12/h4-8H,3H2,1-2H3,(H,17,18). The zero-order valence-electron chi connectivity index (χ0n) is 10.7. The smallest absolute Gasteiger partial charge is 0.374 e. The van der Waals surface area contributed by atoms with E-state index in [9.17, 15) is 4.79 Å². The van der Waals surface area contributed by atoms with E-state index in [1.807, 2.05) is 18.2 Å². The van der Waals surface area contributed by atoms with E-state index in [-0.39, 0.29) is 5.76 Å². The van der Waals surface area contributed by atoms with Crippen LogP contribution in [0.25, 0.3) is 11.3 Å². The fourth-order valence-electron chi connectivity index (χ4n) is 1.82. The van der Waals surface area contributed by atoms with Gasteiger partial charge in [-0.1, -0.05) is 47.1 Å². The fraction of sp³-hybridized carbons (Fsp3) is 0.286. The molecule has 4 nitrogen and oxygen atoms in total. The van der Waals surface area contributed by atoms with Crippen LogP contribution in [0, 0.1) is 0 Å². The summed E-state index contributed by atoms with van der Waals surface area (Å²) in [4.78, 5) is 10.8. The molecule has 100 valence electrons. The van der Waals surface area contributed by atoms with Gasteiger partial charge in [0.15, 0.2) is 0 Å². The van der Waals surface area contributed by atoms with Crippen LogP contribution in [0.15, 0.2) is 33.3 Å². The van der Waals surface area contributed by atoms with Crippen LogP contribution in [0.5, 0.6) is 0 Å². The van der Waals surface area contributed by atoms with Gasteiger partial charge in [0.05, 0.1) is 0 Å². The third-order valence-electron chi connectivity index (χ3n) is 3.16. The maximum Gasteiger partial charge on any atom is 0.374 e. The molecule has 1 aromatic heterocycles. The fourth-order valence-corrected chi connectivity index (χ4v) is 2.59. The van der Waals surface area contributed by atoms with Gasteiger partial charge >= 0.3 is 5.97 Å². The minimum Gasteiger partial charge on any atom is -0.475 e. The summed E-state index contributed by atoms with van der Waals surface area (Å²) in [5.41, 5.74) is 2.58. The third-order valence-corrected chi connectivity index (χ3v) is 3.85. The van der Waals surface area contributed by atoms with Crippen LogP contribution in [0.2, 0.25) is 0 Å². The van der Waals surface area contributed by atoms with Gasteiger partial charge in [-0.15, -0.1) is 0 Å². The summed E-state index contributed by atoms with van der Waals surface area (Å²) in [6, 6.07) is 7.32. The van der Waals surface area contributed by atoms with Crippen LogP contribution in [0.3, 0.4) is 0 Å². The molecule has 0 aliphatic rings. The van der Waals surface area contributed by atoms with E-state index in [0.717, 1.165) is 16.5 Å². The number of halogens is 1. The van der Waals surface area contributed by atoms with Crippen molar-refractivity contribution in [3.63, 3.8) is 0 Å². The molecule has 1 N–H and O–H groups in total. The third kappa shape index (κ3) is 2.87. The highest BCUT2D eigenvalue weighted by Crippen LogP contribution is 2.31. The SMILES string of the molecule is CCC(C)c1ccc(-c2cc(C(=O)O)on2)cc1Br. The van der Waals surface area contributed by atoms with E-state index in [1.54, 1.807) is 0 Å². The molecule has 1 heterocycles. The average Bonchev–Trinajstić information content (AvgIpc) is 2.87. The van der Waals surface area contributed by atoms with Crippen molar-refractivity contribution in [2.45, 2.75) is 26.2 Å². The molecule has 2 aromatic rings. The first kappa shape index (κ1) is 13.8. The molecule has 1 aromatic carbocycles. The Morgan fingerprint density at radius 2 is 2.21 bits per heavy atom. The lowest BCUT2D eigenvalue weighted by molar-refractivity contribution is 0.0652. The lowest BCUT2D eigenvalue weighted by Crippen LogP contribution is -1.93. The van der Waals surface area contributed by atoms with Crippen molar-refractivity contribution in [2.24, 2.45) is 0 Å². The molecular formula is C14H14BrNO3. The molecule has 19 heavy (non-hydrogen) atoms. The van der Waals surface area contributed by atoms with E-state index in [4.69, 9.17) is 9.63 Å². The van der Waals surface area contributed by atoms with Crippen molar-refractivity contribution in [1.29, 1.82) is 0 Å². The molecule has 2 rings (SSSR count). The van der Waals surface area contributed by atoms with Gasteiger partial charge in [-0.3, -0.25) is 0 Å². The number of carbonyl (C=O) groups is 1. The lowest BCUT2D eigenvalue weighted by atomic mass is 9.97. The summed E-state index contributed by atoms with van der Waals surface area (Å²) in [7, 11) is 0. The van der Waals surface area contributed by atoms with Crippen molar-refractivity contribution >= 4 is 21.9 Å². The maximum atomic E-state index is 10.8. The first-order chi connectivity index (χ1) is 9.02. The second-order valence-corrected chi connectivity index (χ2v) is 5.28. The number of benzene rings is 1. The Kier molecular flexibility index (Phi) is 4.04. The van der Waals surface area contributed by atoms with Gasteiger partial charge in [0, 0.05) is 16.1 Å². The molecule has 1 unspecified atom stereocenters. The number of hydrogen-bond donors (Lipinski definition) is 1. The number of carboxylic acids is 1. The van der Waals surface area contributed by atoms with Crippen LogP contribution in [0.1, 0.15) is 42.3 Å². The Bertz CT molecular complexity index is 606.